The monoisotopic (exact) mass is 289 g/mol. The third-order valence-electron chi connectivity index (χ3n) is 5.81. The average molecular weight is 289 g/mol. The molecule has 0 atom stereocenters. The number of hydrogen-bond acceptors (Lipinski definition) is 3. The number of rotatable bonds is 4. The number of ether oxygens (including phenoxy) is 2. The molecule has 1 aliphatic heterocycles. The summed E-state index contributed by atoms with van der Waals surface area (Å²) in [7, 11) is 0. The maximum atomic E-state index is 5.74. The van der Waals surface area contributed by atoms with Crippen LogP contribution in [0.3, 0.4) is 0 Å². The predicted octanol–water partition coefficient (Wildman–Crippen LogP) is 3.62. The van der Waals surface area contributed by atoms with Gasteiger partial charge in [0.2, 0.25) is 0 Å². The fraction of sp³-hybridized carbons (Fsp3) is 0.667. The van der Waals surface area contributed by atoms with Crippen LogP contribution in [0.15, 0.2) is 18.2 Å². The van der Waals surface area contributed by atoms with Gasteiger partial charge in [-0.2, -0.15) is 0 Å². The molecule has 0 spiro atoms. The van der Waals surface area contributed by atoms with Crippen LogP contribution in [0.4, 0.5) is 0 Å². The Morgan fingerprint density at radius 1 is 1.05 bits per heavy atom. The molecular weight excluding hydrogens is 262 g/mol. The van der Waals surface area contributed by atoms with E-state index in [1.54, 1.807) is 0 Å². The fourth-order valence-electron chi connectivity index (χ4n) is 3.52. The summed E-state index contributed by atoms with van der Waals surface area (Å²) < 4.78 is 11.4. The molecule has 116 valence electrons. The van der Waals surface area contributed by atoms with E-state index in [4.69, 9.17) is 9.47 Å². The lowest BCUT2D eigenvalue weighted by atomic mass is 10.0. The first-order chi connectivity index (χ1) is 9.93. The van der Waals surface area contributed by atoms with Crippen molar-refractivity contribution < 1.29 is 9.47 Å². The Bertz CT molecular complexity index is 508. The minimum Gasteiger partial charge on any atom is -0.490 e. The molecule has 2 aliphatic rings. The van der Waals surface area contributed by atoms with E-state index >= 15 is 0 Å². The van der Waals surface area contributed by atoms with Crippen LogP contribution >= 0.6 is 0 Å². The van der Waals surface area contributed by atoms with Crippen molar-refractivity contribution in [1.82, 2.24) is 5.32 Å². The minimum absolute atomic E-state index is 0.449. The van der Waals surface area contributed by atoms with Gasteiger partial charge in [0.25, 0.3) is 0 Å². The van der Waals surface area contributed by atoms with Gasteiger partial charge < -0.3 is 14.8 Å². The van der Waals surface area contributed by atoms with Crippen LogP contribution < -0.4 is 14.8 Å². The summed E-state index contributed by atoms with van der Waals surface area (Å²) in [6.45, 7) is 12.9. The van der Waals surface area contributed by atoms with Gasteiger partial charge in [-0.1, -0.05) is 33.8 Å². The van der Waals surface area contributed by atoms with Gasteiger partial charge in [0.1, 0.15) is 0 Å². The molecular formula is C18H27NO2. The molecule has 3 rings (SSSR count). The topological polar surface area (TPSA) is 30.5 Å². The largest absolute Gasteiger partial charge is 0.490 e. The second-order valence-corrected chi connectivity index (χ2v) is 7.46. The van der Waals surface area contributed by atoms with Gasteiger partial charge in [0.15, 0.2) is 11.5 Å². The highest BCUT2D eigenvalue weighted by Crippen LogP contribution is 2.67. The molecule has 1 aromatic carbocycles. The maximum Gasteiger partial charge on any atom is 0.161 e. The number of hydrogen-bond donors (Lipinski definition) is 1. The molecule has 0 saturated heterocycles. The SMILES string of the molecule is CC1(C)C(CNCc2ccc3c(c2)OCCCO3)C1(C)C. The molecule has 3 heteroatoms. The van der Waals surface area contributed by atoms with Gasteiger partial charge in [-0.25, -0.2) is 0 Å². The summed E-state index contributed by atoms with van der Waals surface area (Å²) in [5, 5.41) is 3.60. The number of fused-ring (bicyclic) bond motifs is 1. The highest BCUT2D eigenvalue weighted by Gasteiger charge is 2.63. The first kappa shape index (κ1) is 14.7. The van der Waals surface area contributed by atoms with Gasteiger partial charge in [0, 0.05) is 13.0 Å². The van der Waals surface area contributed by atoms with E-state index in [0.717, 1.165) is 50.1 Å². The van der Waals surface area contributed by atoms with E-state index in [1.807, 2.05) is 6.07 Å². The highest BCUT2D eigenvalue weighted by molar-refractivity contribution is 5.43. The summed E-state index contributed by atoms with van der Waals surface area (Å²) in [4.78, 5) is 0. The Labute approximate surface area is 128 Å². The van der Waals surface area contributed by atoms with Gasteiger partial charge in [-0.15, -0.1) is 0 Å². The standard InChI is InChI=1S/C18H27NO2/c1-17(2)16(18(17,3)4)12-19-11-13-6-7-14-15(10-13)21-9-5-8-20-14/h6-7,10,16,19H,5,8-9,11-12H2,1-4H3. The minimum atomic E-state index is 0.449. The molecule has 1 saturated carbocycles. The van der Waals surface area contributed by atoms with E-state index in [2.05, 4.69) is 45.1 Å². The van der Waals surface area contributed by atoms with E-state index in [-0.39, 0.29) is 0 Å². The predicted molar refractivity (Wildman–Crippen MR) is 84.8 cm³/mol. The number of nitrogens with one attached hydrogen (secondary N) is 1. The molecule has 0 aromatic heterocycles. The molecule has 1 fully saturated rings. The first-order valence-electron chi connectivity index (χ1n) is 8.02. The summed E-state index contributed by atoms with van der Waals surface area (Å²) in [6.07, 6.45) is 0.952. The zero-order valence-corrected chi connectivity index (χ0v) is 13.7. The van der Waals surface area contributed by atoms with Crippen LogP contribution in [0, 0.1) is 16.7 Å². The smallest absolute Gasteiger partial charge is 0.161 e. The molecule has 0 bridgehead atoms. The summed E-state index contributed by atoms with van der Waals surface area (Å²) in [5.74, 6) is 2.52. The second-order valence-electron chi connectivity index (χ2n) is 7.46. The van der Waals surface area contributed by atoms with Crippen molar-refractivity contribution in [2.75, 3.05) is 19.8 Å². The fourth-order valence-corrected chi connectivity index (χ4v) is 3.52. The zero-order chi connectivity index (χ0) is 15.1. The highest BCUT2D eigenvalue weighted by atomic mass is 16.5. The zero-order valence-electron chi connectivity index (χ0n) is 13.7. The molecule has 0 unspecified atom stereocenters. The lowest BCUT2D eigenvalue weighted by molar-refractivity contribution is 0.297. The van der Waals surface area contributed by atoms with Crippen molar-refractivity contribution in [2.45, 2.75) is 40.7 Å². The Morgan fingerprint density at radius 2 is 1.71 bits per heavy atom. The third-order valence-corrected chi connectivity index (χ3v) is 5.81. The summed E-state index contributed by atoms with van der Waals surface area (Å²) >= 11 is 0. The molecule has 1 N–H and O–H groups in total. The quantitative estimate of drug-likeness (QED) is 0.918. The Morgan fingerprint density at radius 3 is 2.38 bits per heavy atom. The Balaban J connectivity index is 1.56. The molecule has 0 radical (unpaired) electrons. The lowest BCUT2D eigenvalue weighted by Crippen LogP contribution is -2.18. The van der Waals surface area contributed by atoms with E-state index in [9.17, 15) is 0 Å². The lowest BCUT2D eigenvalue weighted by Gasteiger charge is -2.10. The van der Waals surface area contributed by atoms with Crippen LogP contribution in [-0.2, 0) is 6.54 Å². The molecule has 3 nitrogen and oxygen atoms in total. The van der Waals surface area contributed by atoms with E-state index in [1.165, 1.54) is 5.56 Å². The summed E-state index contributed by atoms with van der Waals surface area (Å²) in [6, 6.07) is 6.27. The molecule has 0 amide bonds. The molecule has 21 heavy (non-hydrogen) atoms. The number of benzene rings is 1. The van der Waals surface area contributed by atoms with Gasteiger partial charge in [-0.3, -0.25) is 0 Å². The van der Waals surface area contributed by atoms with Crippen LogP contribution in [0.2, 0.25) is 0 Å². The van der Waals surface area contributed by atoms with Crippen molar-refractivity contribution in [2.24, 2.45) is 16.7 Å². The van der Waals surface area contributed by atoms with Crippen LogP contribution in [0.1, 0.15) is 39.7 Å². The Hall–Kier alpha value is -1.22. The Kier molecular flexibility index (Phi) is 3.64. The summed E-state index contributed by atoms with van der Waals surface area (Å²) in [5.41, 5.74) is 2.16. The van der Waals surface area contributed by atoms with Gasteiger partial charge in [-0.05, 0) is 41.0 Å². The van der Waals surface area contributed by atoms with Crippen molar-refractivity contribution >= 4 is 0 Å². The van der Waals surface area contributed by atoms with Crippen molar-refractivity contribution in [3.8, 4) is 11.5 Å². The maximum absolute atomic E-state index is 5.74. The average Bonchev–Trinajstić information content (AvgIpc) is 2.95. The van der Waals surface area contributed by atoms with Gasteiger partial charge >= 0.3 is 0 Å². The van der Waals surface area contributed by atoms with E-state index in [0.29, 0.717) is 10.8 Å². The van der Waals surface area contributed by atoms with E-state index < -0.39 is 0 Å². The van der Waals surface area contributed by atoms with Crippen LogP contribution in [-0.4, -0.2) is 19.8 Å². The van der Waals surface area contributed by atoms with Crippen molar-refractivity contribution in [3.05, 3.63) is 23.8 Å². The van der Waals surface area contributed by atoms with Gasteiger partial charge in [0.05, 0.1) is 13.2 Å². The molecule has 1 aliphatic carbocycles. The first-order valence-corrected chi connectivity index (χ1v) is 8.02. The van der Waals surface area contributed by atoms with Crippen LogP contribution in [0.5, 0.6) is 11.5 Å². The molecule has 1 heterocycles. The van der Waals surface area contributed by atoms with Crippen molar-refractivity contribution in [1.29, 1.82) is 0 Å². The normalized spacial score (nSPS) is 22.7. The molecule has 1 aromatic rings. The van der Waals surface area contributed by atoms with Crippen LogP contribution in [0.25, 0.3) is 0 Å². The van der Waals surface area contributed by atoms with Crippen molar-refractivity contribution in [3.63, 3.8) is 0 Å². The third kappa shape index (κ3) is 2.64. The second kappa shape index (κ2) is 5.20.